The standard InChI is InChI=1S/C15H17N5O2/c1-12-16-17-18-20(12)14(11-13-5-3-2-4-6-13)15(21)19-7-9-22-10-8-19/h2-6,11H,7-10H2,1H3/b14-11-. The molecule has 0 atom stereocenters. The predicted octanol–water partition coefficient (Wildman–Crippen LogP) is 0.838. The second-order valence-corrected chi connectivity index (χ2v) is 4.98. The number of tetrazole rings is 1. The van der Waals surface area contributed by atoms with Crippen molar-refractivity contribution < 1.29 is 9.53 Å². The van der Waals surface area contributed by atoms with Gasteiger partial charge < -0.3 is 9.64 Å². The maximum atomic E-state index is 12.8. The second-order valence-electron chi connectivity index (χ2n) is 4.98. The van der Waals surface area contributed by atoms with E-state index < -0.39 is 0 Å². The fourth-order valence-electron chi connectivity index (χ4n) is 2.30. The van der Waals surface area contributed by atoms with Crippen molar-refractivity contribution in [3.8, 4) is 0 Å². The molecule has 0 aliphatic carbocycles. The zero-order valence-corrected chi connectivity index (χ0v) is 12.3. The summed E-state index contributed by atoms with van der Waals surface area (Å²) in [4.78, 5) is 14.6. The third kappa shape index (κ3) is 3.04. The summed E-state index contributed by atoms with van der Waals surface area (Å²) < 4.78 is 6.78. The van der Waals surface area contributed by atoms with Gasteiger partial charge in [-0.3, -0.25) is 4.79 Å². The molecule has 3 rings (SSSR count). The molecule has 0 N–H and O–H groups in total. The molecule has 114 valence electrons. The number of nitrogens with zero attached hydrogens (tertiary/aromatic N) is 5. The maximum absolute atomic E-state index is 12.8. The first-order valence-electron chi connectivity index (χ1n) is 7.15. The molecule has 2 heterocycles. The lowest BCUT2D eigenvalue weighted by Crippen LogP contribution is -2.42. The van der Waals surface area contributed by atoms with Crippen LogP contribution in [0.3, 0.4) is 0 Å². The van der Waals surface area contributed by atoms with Crippen molar-refractivity contribution in [2.45, 2.75) is 6.92 Å². The fourth-order valence-corrected chi connectivity index (χ4v) is 2.30. The van der Waals surface area contributed by atoms with E-state index in [1.807, 2.05) is 30.3 Å². The van der Waals surface area contributed by atoms with Crippen LogP contribution in [-0.4, -0.2) is 57.3 Å². The van der Waals surface area contributed by atoms with E-state index in [0.29, 0.717) is 37.8 Å². The summed E-state index contributed by atoms with van der Waals surface area (Å²) in [6.07, 6.45) is 1.81. The van der Waals surface area contributed by atoms with Gasteiger partial charge in [-0.05, 0) is 29.0 Å². The molecule has 1 saturated heterocycles. The molecule has 1 aliphatic heterocycles. The third-order valence-electron chi connectivity index (χ3n) is 3.47. The van der Waals surface area contributed by atoms with Crippen LogP contribution in [0.25, 0.3) is 11.8 Å². The number of hydrogen-bond acceptors (Lipinski definition) is 5. The highest BCUT2D eigenvalue weighted by Crippen LogP contribution is 2.15. The minimum Gasteiger partial charge on any atom is -0.378 e. The van der Waals surface area contributed by atoms with E-state index in [9.17, 15) is 4.79 Å². The lowest BCUT2D eigenvalue weighted by Gasteiger charge is -2.27. The van der Waals surface area contributed by atoms with Gasteiger partial charge in [0.05, 0.1) is 13.2 Å². The van der Waals surface area contributed by atoms with Gasteiger partial charge in [-0.25, -0.2) is 0 Å². The molecule has 0 saturated carbocycles. The van der Waals surface area contributed by atoms with Gasteiger partial charge in [-0.15, -0.1) is 5.10 Å². The van der Waals surface area contributed by atoms with Crippen molar-refractivity contribution in [3.05, 3.63) is 41.7 Å². The van der Waals surface area contributed by atoms with Crippen LogP contribution < -0.4 is 0 Å². The molecule has 0 unspecified atom stereocenters. The normalized spacial score (nSPS) is 15.9. The summed E-state index contributed by atoms with van der Waals surface area (Å²) in [6, 6.07) is 9.66. The highest BCUT2D eigenvalue weighted by molar-refractivity contribution is 6.18. The van der Waals surface area contributed by atoms with Crippen LogP contribution in [0, 0.1) is 6.92 Å². The minimum atomic E-state index is -0.0949. The number of hydrogen-bond donors (Lipinski definition) is 0. The average Bonchev–Trinajstić information content (AvgIpc) is 3.00. The van der Waals surface area contributed by atoms with E-state index in [1.165, 1.54) is 4.68 Å². The van der Waals surface area contributed by atoms with Gasteiger partial charge in [-0.2, -0.15) is 4.68 Å². The van der Waals surface area contributed by atoms with E-state index in [2.05, 4.69) is 15.5 Å². The van der Waals surface area contributed by atoms with E-state index in [4.69, 9.17) is 4.74 Å². The molecule has 7 nitrogen and oxygen atoms in total. The molecule has 2 aromatic rings. The van der Waals surface area contributed by atoms with Crippen molar-refractivity contribution in [2.75, 3.05) is 26.3 Å². The van der Waals surface area contributed by atoms with E-state index in [-0.39, 0.29) is 5.91 Å². The zero-order chi connectivity index (χ0) is 15.4. The summed E-state index contributed by atoms with van der Waals surface area (Å²) in [5.41, 5.74) is 1.37. The van der Waals surface area contributed by atoms with Gasteiger partial charge in [0.15, 0.2) is 5.82 Å². The Labute approximate surface area is 128 Å². The second kappa shape index (κ2) is 6.48. The quantitative estimate of drug-likeness (QED) is 0.785. The molecule has 0 radical (unpaired) electrons. The Morgan fingerprint density at radius 3 is 2.59 bits per heavy atom. The maximum Gasteiger partial charge on any atom is 0.272 e. The number of amides is 1. The van der Waals surface area contributed by atoms with Crippen LogP contribution >= 0.6 is 0 Å². The first-order valence-corrected chi connectivity index (χ1v) is 7.15. The van der Waals surface area contributed by atoms with Crippen molar-refractivity contribution in [3.63, 3.8) is 0 Å². The van der Waals surface area contributed by atoms with Gasteiger partial charge in [0.1, 0.15) is 5.70 Å². The van der Waals surface area contributed by atoms with Crippen LogP contribution in [0.15, 0.2) is 30.3 Å². The van der Waals surface area contributed by atoms with Gasteiger partial charge in [0.2, 0.25) is 0 Å². The first kappa shape index (κ1) is 14.4. The summed E-state index contributed by atoms with van der Waals surface area (Å²) >= 11 is 0. The lowest BCUT2D eigenvalue weighted by atomic mass is 10.2. The molecule has 7 heteroatoms. The molecule has 0 spiro atoms. The fraction of sp³-hybridized carbons (Fsp3) is 0.333. The largest absolute Gasteiger partial charge is 0.378 e. The van der Waals surface area contributed by atoms with Crippen LogP contribution in [-0.2, 0) is 9.53 Å². The van der Waals surface area contributed by atoms with Crippen LogP contribution in [0.5, 0.6) is 0 Å². The van der Waals surface area contributed by atoms with E-state index in [0.717, 1.165) is 5.56 Å². The van der Waals surface area contributed by atoms with Crippen LogP contribution in [0.4, 0.5) is 0 Å². The number of morpholine rings is 1. The molecule has 1 amide bonds. The van der Waals surface area contributed by atoms with Crippen LogP contribution in [0.1, 0.15) is 11.4 Å². The number of carbonyl (C=O) groups is 1. The molecular weight excluding hydrogens is 282 g/mol. The molecule has 1 aromatic heterocycles. The molecular formula is C15H17N5O2. The molecule has 1 aromatic carbocycles. The topological polar surface area (TPSA) is 73.1 Å². The Morgan fingerprint density at radius 1 is 1.23 bits per heavy atom. The van der Waals surface area contributed by atoms with Gasteiger partial charge in [-0.1, -0.05) is 30.3 Å². The minimum absolute atomic E-state index is 0.0949. The van der Waals surface area contributed by atoms with Crippen molar-refractivity contribution in [2.24, 2.45) is 0 Å². The summed E-state index contributed by atoms with van der Waals surface area (Å²) in [7, 11) is 0. The average molecular weight is 299 g/mol. The Kier molecular flexibility index (Phi) is 4.24. The number of rotatable bonds is 3. The van der Waals surface area contributed by atoms with Gasteiger partial charge >= 0.3 is 0 Å². The first-order chi connectivity index (χ1) is 10.8. The number of aryl methyl sites for hydroxylation is 1. The van der Waals surface area contributed by atoms with Crippen molar-refractivity contribution in [1.82, 2.24) is 25.1 Å². The Bertz CT molecular complexity index is 674. The summed E-state index contributed by atoms with van der Waals surface area (Å²) in [5.74, 6) is 0.478. The highest BCUT2D eigenvalue weighted by atomic mass is 16.5. The summed E-state index contributed by atoms with van der Waals surface area (Å²) in [5, 5.41) is 11.4. The number of ether oxygens (including phenoxy) is 1. The monoisotopic (exact) mass is 299 g/mol. The van der Waals surface area contributed by atoms with E-state index >= 15 is 0 Å². The Morgan fingerprint density at radius 2 is 1.95 bits per heavy atom. The number of carbonyl (C=O) groups excluding carboxylic acids is 1. The predicted molar refractivity (Wildman–Crippen MR) is 80.6 cm³/mol. The smallest absolute Gasteiger partial charge is 0.272 e. The summed E-state index contributed by atoms with van der Waals surface area (Å²) in [6.45, 7) is 4.03. The number of benzene rings is 1. The number of aromatic nitrogens is 4. The molecule has 22 heavy (non-hydrogen) atoms. The molecule has 1 fully saturated rings. The van der Waals surface area contributed by atoms with E-state index in [1.54, 1.807) is 17.9 Å². The van der Waals surface area contributed by atoms with Crippen molar-refractivity contribution in [1.29, 1.82) is 0 Å². The SMILES string of the molecule is Cc1nnnn1/C(=C\c1ccccc1)C(=O)N1CCOCC1. The third-order valence-corrected chi connectivity index (χ3v) is 3.47. The van der Waals surface area contributed by atoms with Crippen molar-refractivity contribution >= 4 is 17.7 Å². The Balaban J connectivity index is 1.98. The van der Waals surface area contributed by atoms with Crippen LogP contribution in [0.2, 0.25) is 0 Å². The zero-order valence-electron chi connectivity index (χ0n) is 12.3. The lowest BCUT2D eigenvalue weighted by molar-refractivity contribution is -0.129. The molecule has 0 bridgehead atoms. The highest BCUT2D eigenvalue weighted by Gasteiger charge is 2.23. The molecule has 1 aliphatic rings. The Hall–Kier alpha value is -2.54. The van der Waals surface area contributed by atoms with Gasteiger partial charge in [0, 0.05) is 13.1 Å². The van der Waals surface area contributed by atoms with Gasteiger partial charge in [0.25, 0.3) is 5.91 Å².